The molecule has 4 rings (SSSR count). The molecule has 2 fully saturated rings. The average molecular weight is 489 g/mol. The highest BCUT2D eigenvalue weighted by molar-refractivity contribution is 9.12. The number of Topliss-reactive ketones (excluding diaryl/α,β-unsaturated/α-hetero) is 2. The smallest absolute Gasteiger partial charge is 0.321 e. The Morgan fingerprint density at radius 3 is 2.68 bits per heavy atom. The van der Waals surface area contributed by atoms with Gasteiger partial charge in [0, 0.05) is 24.5 Å². The van der Waals surface area contributed by atoms with Crippen molar-refractivity contribution in [2.24, 2.45) is 17.8 Å². The van der Waals surface area contributed by atoms with Gasteiger partial charge >= 0.3 is 5.97 Å². The summed E-state index contributed by atoms with van der Waals surface area (Å²) in [6, 6.07) is 0. The van der Waals surface area contributed by atoms with Crippen LogP contribution in [-0.4, -0.2) is 24.1 Å². The molecule has 0 N–H and O–H groups in total. The number of ether oxygens (including phenoxy) is 2. The van der Waals surface area contributed by atoms with Crippen LogP contribution in [0.1, 0.15) is 64.2 Å². The van der Waals surface area contributed by atoms with Crippen LogP contribution in [0, 0.1) is 17.8 Å². The third-order valence-electron chi connectivity index (χ3n) is 6.73. The van der Waals surface area contributed by atoms with Gasteiger partial charge < -0.3 is 9.47 Å². The van der Waals surface area contributed by atoms with Gasteiger partial charge in [0.25, 0.3) is 0 Å². The highest BCUT2D eigenvalue weighted by Gasteiger charge is 2.35. The van der Waals surface area contributed by atoms with Gasteiger partial charge in [-0.05, 0) is 59.2 Å². The molecule has 0 amide bonds. The van der Waals surface area contributed by atoms with Crippen LogP contribution in [0.2, 0.25) is 0 Å². The first kappa shape index (κ1) is 22.3. The van der Waals surface area contributed by atoms with E-state index in [-0.39, 0.29) is 23.9 Å². The van der Waals surface area contributed by atoms with E-state index in [2.05, 4.69) is 15.9 Å². The monoisotopic (exact) mass is 488 g/mol. The standard InChI is InChI=1S/C25H29BrO5/c26-21(22(27)9-7-16-4-2-1-3-5-16)12-17-6-8-20(23(28)13-17)25(29)31-19-14-18-10-11-30-24(18)15-19/h10,12,14-17,20H,1-9,11,13H2/b21-12-. The molecule has 0 saturated heterocycles. The fraction of sp³-hybridized carbons (Fsp3) is 0.560. The molecule has 3 aliphatic carbocycles. The van der Waals surface area contributed by atoms with Gasteiger partial charge in [0.1, 0.15) is 29.8 Å². The van der Waals surface area contributed by atoms with E-state index in [0.717, 1.165) is 12.0 Å². The van der Waals surface area contributed by atoms with Crippen LogP contribution in [0.3, 0.4) is 0 Å². The topological polar surface area (TPSA) is 69.7 Å². The van der Waals surface area contributed by atoms with Crippen molar-refractivity contribution in [2.45, 2.75) is 64.2 Å². The van der Waals surface area contributed by atoms with E-state index in [0.29, 0.717) is 47.8 Å². The largest absolute Gasteiger partial charge is 0.489 e. The van der Waals surface area contributed by atoms with Gasteiger partial charge in [-0.3, -0.25) is 14.4 Å². The van der Waals surface area contributed by atoms with Gasteiger partial charge in [-0.1, -0.05) is 38.2 Å². The Morgan fingerprint density at radius 2 is 1.94 bits per heavy atom. The summed E-state index contributed by atoms with van der Waals surface area (Å²) < 4.78 is 11.4. The normalized spacial score (nSPS) is 26.5. The first-order valence-electron chi connectivity index (χ1n) is 11.4. The summed E-state index contributed by atoms with van der Waals surface area (Å²) >= 11 is 3.43. The summed E-state index contributed by atoms with van der Waals surface area (Å²) in [6.07, 6.45) is 16.5. The number of fused-ring (bicyclic) bond motifs is 1. The molecule has 5 nitrogen and oxygen atoms in total. The van der Waals surface area contributed by atoms with Gasteiger partial charge in [0.15, 0.2) is 5.78 Å². The molecule has 2 saturated carbocycles. The zero-order valence-corrected chi connectivity index (χ0v) is 19.3. The molecule has 1 heterocycles. The lowest BCUT2D eigenvalue weighted by Gasteiger charge is -2.24. The third kappa shape index (κ3) is 5.65. The molecule has 31 heavy (non-hydrogen) atoms. The number of ketones is 2. The molecule has 2 atom stereocenters. The number of halogens is 1. The molecule has 1 aliphatic heterocycles. The van der Waals surface area contributed by atoms with Crippen molar-refractivity contribution in [3.8, 4) is 0 Å². The van der Waals surface area contributed by atoms with E-state index in [9.17, 15) is 14.4 Å². The van der Waals surface area contributed by atoms with E-state index in [1.165, 1.54) is 32.1 Å². The lowest BCUT2D eigenvalue weighted by Crippen LogP contribution is -2.31. The Morgan fingerprint density at radius 1 is 1.13 bits per heavy atom. The minimum absolute atomic E-state index is 0.0183. The Balaban J connectivity index is 1.25. The molecule has 0 aromatic carbocycles. The number of carbonyl (C=O) groups excluding carboxylic acids is 3. The van der Waals surface area contributed by atoms with E-state index in [1.54, 1.807) is 12.2 Å². The number of hydrogen-bond acceptors (Lipinski definition) is 5. The van der Waals surface area contributed by atoms with Gasteiger partial charge in [0.2, 0.25) is 0 Å². The maximum Gasteiger partial charge on any atom is 0.321 e. The minimum Gasteiger partial charge on any atom is -0.489 e. The van der Waals surface area contributed by atoms with E-state index in [1.807, 2.05) is 12.2 Å². The lowest BCUT2D eigenvalue weighted by atomic mass is 9.80. The van der Waals surface area contributed by atoms with Crippen molar-refractivity contribution >= 4 is 33.5 Å². The molecule has 0 aromatic rings. The summed E-state index contributed by atoms with van der Waals surface area (Å²) in [5.41, 5.74) is 0.918. The van der Waals surface area contributed by atoms with E-state index in [4.69, 9.17) is 9.47 Å². The molecule has 2 unspecified atom stereocenters. The first-order chi connectivity index (χ1) is 15.0. The number of allylic oxidation sites excluding steroid dienone is 4. The van der Waals surface area contributed by atoms with Crippen molar-refractivity contribution in [1.82, 2.24) is 0 Å². The predicted molar refractivity (Wildman–Crippen MR) is 120 cm³/mol. The van der Waals surface area contributed by atoms with Crippen molar-refractivity contribution in [3.05, 3.63) is 45.9 Å². The van der Waals surface area contributed by atoms with Crippen LogP contribution < -0.4 is 0 Å². The van der Waals surface area contributed by atoms with Crippen molar-refractivity contribution in [2.75, 3.05) is 6.61 Å². The molecule has 0 spiro atoms. The van der Waals surface area contributed by atoms with Crippen molar-refractivity contribution in [3.63, 3.8) is 0 Å². The maximum atomic E-state index is 12.6. The summed E-state index contributed by atoms with van der Waals surface area (Å²) in [5, 5.41) is 0. The molecular weight excluding hydrogens is 460 g/mol. The maximum absolute atomic E-state index is 12.6. The van der Waals surface area contributed by atoms with Crippen LogP contribution in [0.15, 0.2) is 45.9 Å². The Kier molecular flexibility index (Phi) is 7.26. The van der Waals surface area contributed by atoms with Crippen LogP contribution in [0.4, 0.5) is 0 Å². The van der Waals surface area contributed by atoms with Crippen molar-refractivity contribution < 1.29 is 23.9 Å². The predicted octanol–water partition coefficient (Wildman–Crippen LogP) is 5.46. The molecule has 166 valence electrons. The second-order valence-electron chi connectivity index (χ2n) is 8.99. The zero-order valence-electron chi connectivity index (χ0n) is 17.7. The Labute approximate surface area is 191 Å². The zero-order chi connectivity index (χ0) is 21.8. The highest BCUT2D eigenvalue weighted by Crippen LogP contribution is 2.33. The first-order valence-corrected chi connectivity index (χ1v) is 12.2. The molecule has 6 heteroatoms. The lowest BCUT2D eigenvalue weighted by molar-refractivity contribution is -0.149. The summed E-state index contributed by atoms with van der Waals surface area (Å²) in [6.45, 7) is 0.535. The minimum atomic E-state index is -0.736. The summed E-state index contributed by atoms with van der Waals surface area (Å²) in [5.74, 6) is 0.549. The molecule has 0 radical (unpaired) electrons. The van der Waals surface area contributed by atoms with Gasteiger partial charge in [0.05, 0.1) is 4.48 Å². The molecule has 0 bridgehead atoms. The van der Waals surface area contributed by atoms with Gasteiger partial charge in [-0.15, -0.1) is 0 Å². The van der Waals surface area contributed by atoms with Crippen LogP contribution in [-0.2, 0) is 23.9 Å². The number of carbonyl (C=O) groups is 3. The van der Waals surface area contributed by atoms with Gasteiger partial charge in [-0.2, -0.15) is 0 Å². The molecular formula is C25H29BrO5. The number of rotatable bonds is 7. The van der Waals surface area contributed by atoms with Gasteiger partial charge in [-0.25, -0.2) is 0 Å². The summed E-state index contributed by atoms with van der Waals surface area (Å²) in [7, 11) is 0. The average Bonchev–Trinajstić information content (AvgIpc) is 3.34. The Hall–Kier alpha value is -1.95. The fourth-order valence-electron chi connectivity index (χ4n) is 4.90. The Bertz CT molecular complexity index is 872. The number of hydrogen-bond donors (Lipinski definition) is 0. The van der Waals surface area contributed by atoms with Crippen LogP contribution in [0.25, 0.3) is 0 Å². The fourth-order valence-corrected chi connectivity index (χ4v) is 5.47. The van der Waals surface area contributed by atoms with E-state index >= 15 is 0 Å². The summed E-state index contributed by atoms with van der Waals surface area (Å²) in [4.78, 5) is 37.6. The SMILES string of the molecule is O=C(CCC1CCCCC1)/C(Br)=C/C1CCC(C(=O)OC2=CC3=CCOC3=C2)C(=O)C1. The molecule has 0 aromatic heterocycles. The quantitative estimate of drug-likeness (QED) is 0.270. The van der Waals surface area contributed by atoms with Crippen molar-refractivity contribution in [1.29, 1.82) is 0 Å². The molecule has 4 aliphatic rings. The van der Waals surface area contributed by atoms with Crippen LogP contribution >= 0.6 is 15.9 Å². The second-order valence-corrected chi connectivity index (χ2v) is 9.84. The van der Waals surface area contributed by atoms with Crippen LogP contribution in [0.5, 0.6) is 0 Å². The van der Waals surface area contributed by atoms with E-state index < -0.39 is 11.9 Å². The number of esters is 1. The highest BCUT2D eigenvalue weighted by atomic mass is 79.9. The second kappa shape index (κ2) is 10.1. The third-order valence-corrected chi connectivity index (χ3v) is 7.44.